The van der Waals surface area contributed by atoms with E-state index in [0.29, 0.717) is 5.56 Å². The molecular formula is C13H19N3O4. The lowest BCUT2D eigenvalue weighted by Crippen LogP contribution is -2.47. The van der Waals surface area contributed by atoms with E-state index in [1.807, 2.05) is 0 Å². The number of nitro groups is 1. The van der Waals surface area contributed by atoms with Crippen LogP contribution in [0.5, 0.6) is 0 Å². The van der Waals surface area contributed by atoms with Gasteiger partial charge in [-0.3, -0.25) is 14.9 Å². The number of hydrogen-bond donors (Lipinski definition) is 2. The molecule has 0 saturated heterocycles. The SMILES string of the molecule is CNc1cc(C(=O)N(C)C(C)(C)CO)ccc1[N+](=O)[O-]. The van der Waals surface area contributed by atoms with Crippen LogP contribution in [0.3, 0.4) is 0 Å². The summed E-state index contributed by atoms with van der Waals surface area (Å²) >= 11 is 0. The molecular weight excluding hydrogens is 262 g/mol. The van der Waals surface area contributed by atoms with Crippen LogP contribution in [0.1, 0.15) is 24.2 Å². The summed E-state index contributed by atoms with van der Waals surface area (Å²) in [5, 5.41) is 22.8. The largest absolute Gasteiger partial charge is 0.394 e. The predicted molar refractivity (Wildman–Crippen MR) is 75.9 cm³/mol. The number of aliphatic hydroxyl groups is 1. The lowest BCUT2D eigenvalue weighted by atomic mass is 10.0. The van der Waals surface area contributed by atoms with Crippen molar-refractivity contribution >= 4 is 17.3 Å². The van der Waals surface area contributed by atoms with E-state index in [9.17, 15) is 20.0 Å². The van der Waals surface area contributed by atoms with Crippen molar-refractivity contribution in [1.29, 1.82) is 0 Å². The smallest absolute Gasteiger partial charge is 0.292 e. The summed E-state index contributed by atoms with van der Waals surface area (Å²) in [6, 6.07) is 4.13. The molecule has 0 heterocycles. The van der Waals surface area contributed by atoms with Gasteiger partial charge in [-0.1, -0.05) is 0 Å². The monoisotopic (exact) mass is 281 g/mol. The molecule has 1 aromatic rings. The maximum Gasteiger partial charge on any atom is 0.292 e. The minimum absolute atomic E-state index is 0.0897. The van der Waals surface area contributed by atoms with Crippen LogP contribution in [0.4, 0.5) is 11.4 Å². The zero-order valence-electron chi connectivity index (χ0n) is 12.0. The molecule has 7 nitrogen and oxygen atoms in total. The van der Waals surface area contributed by atoms with Crippen LogP contribution >= 0.6 is 0 Å². The highest BCUT2D eigenvalue weighted by atomic mass is 16.6. The molecule has 1 rings (SSSR count). The molecule has 0 aliphatic carbocycles. The number of benzene rings is 1. The van der Waals surface area contributed by atoms with Crippen molar-refractivity contribution < 1.29 is 14.8 Å². The first-order chi connectivity index (χ1) is 9.24. The van der Waals surface area contributed by atoms with Crippen LogP contribution in [0.25, 0.3) is 0 Å². The van der Waals surface area contributed by atoms with Gasteiger partial charge in [0.15, 0.2) is 0 Å². The van der Waals surface area contributed by atoms with E-state index in [1.165, 1.54) is 23.1 Å². The summed E-state index contributed by atoms with van der Waals surface area (Å²) in [5.41, 5.74) is -0.202. The third kappa shape index (κ3) is 3.05. The molecule has 0 aliphatic heterocycles. The third-order valence-electron chi connectivity index (χ3n) is 3.31. The quantitative estimate of drug-likeness (QED) is 0.629. The molecule has 7 heteroatoms. The number of rotatable bonds is 5. The molecule has 1 aromatic carbocycles. The van der Waals surface area contributed by atoms with Crippen LogP contribution in [-0.4, -0.2) is 47.1 Å². The molecule has 0 saturated carbocycles. The average molecular weight is 281 g/mol. The molecule has 0 fully saturated rings. The first-order valence-electron chi connectivity index (χ1n) is 6.10. The molecule has 0 aromatic heterocycles. The zero-order valence-corrected chi connectivity index (χ0v) is 12.0. The van der Waals surface area contributed by atoms with E-state index < -0.39 is 10.5 Å². The Morgan fingerprint density at radius 3 is 2.55 bits per heavy atom. The van der Waals surface area contributed by atoms with E-state index in [-0.39, 0.29) is 23.9 Å². The number of nitrogens with zero attached hydrogens (tertiary/aromatic N) is 2. The summed E-state index contributed by atoms with van der Waals surface area (Å²) in [4.78, 5) is 24.1. The molecule has 2 N–H and O–H groups in total. The summed E-state index contributed by atoms with van der Waals surface area (Å²) in [6.07, 6.45) is 0. The fourth-order valence-corrected chi connectivity index (χ4v) is 1.60. The van der Waals surface area contributed by atoms with Gasteiger partial charge in [-0.05, 0) is 26.0 Å². The van der Waals surface area contributed by atoms with Crippen LogP contribution in [-0.2, 0) is 0 Å². The molecule has 0 atom stereocenters. The highest BCUT2D eigenvalue weighted by Crippen LogP contribution is 2.26. The molecule has 20 heavy (non-hydrogen) atoms. The van der Waals surface area contributed by atoms with Gasteiger partial charge >= 0.3 is 0 Å². The summed E-state index contributed by atoms with van der Waals surface area (Å²) in [5.74, 6) is -0.310. The standard InChI is InChI=1S/C13H19N3O4/c1-13(2,8-17)15(4)12(18)9-5-6-11(16(19)20)10(7-9)14-3/h5-7,14,17H,8H2,1-4H3. The van der Waals surface area contributed by atoms with Gasteiger partial charge in [0.25, 0.3) is 11.6 Å². The van der Waals surface area contributed by atoms with E-state index in [0.717, 1.165) is 0 Å². The van der Waals surface area contributed by atoms with Crippen LogP contribution < -0.4 is 5.32 Å². The Balaban J connectivity index is 3.15. The van der Waals surface area contributed by atoms with Gasteiger partial charge in [0, 0.05) is 25.7 Å². The Kier molecular flexibility index (Phi) is 4.67. The topological polar surface area (TPSA) is 95.7 Å². The minimum Gasteiger partial charge on any atom is -0.394 e. The summed E-state index contributed by atoms with van der Waals surface area (Å²) in [7, 11) is 3.14. The highest BCUT2D eigenvalue weighted by Gasteiger charge is 2.28. The number of amides is 1. The van der Waals surface area contributed by atoms with Crippen molar-refractivity contribution in [3.8, 4) is 0 Å². The van der Waals surface area contributed by atoms with Crippen molar-refractivity contribution in [3.63, 3.8) is 0 Å². The fourth-order valence-electron chi connectivity index (χ4n) is 1.60. The Morgan fingerprint density at radius 2 is 2.10 bits per heavy atom. The molecule has 0 aliphatic rings. The number of hydrogen-bond acceptors (Lipinski definition) is 5. The maximum absolute atomic E-state index is 12.3. The number of aliphatic hydroxyl groups excluding tert-OH is 1. The van der Waals surface area contributed by atoms with Crippen molar-refractivity contribution in [2.24, 2.45) is 0 Å². The normalized spacial score (nSPS) is 11.1. The van der Waals surface area contributed by atoms with Gasteiger partial charge < -0.3 is 15.3 Å². The molecule has 0 bridgehead atoms. The zero-order chi connectivity index (χ0) is 15.5. The van der Waals surface area contributed by atoms with Gasteiger partial charge in [0.1, 0.15) is 5.69 Å². The van der Waals surface area contributed by atoms with Gasteiger partial charge in [-0.25, -0.2) is 0 Å². The van der Waals surface area contributed by atoms with Gasteiger partial charge in [-0.15, -0.1) is 0 Å². The van der Waals surface area contributed by atoms with Crippen LogP contribution in [0.15, 0.2) is 18.2 Å². The Labute approximate surface area is 117 Å². The number of nitro benzene ring substituents is 1. The van der Waals surface area contributed by atoms with Crippen LogP contribution in [0.2, 0.25) is 0 Å². The molecule has 1 amide bonds. The summed E-state index contributed by atoms with van der Waals surface area (Å²) < 4.78 is 0. The van der Waals surface area contributed by atoms with E-state index in [2.05, 4.69) is 5.32 Å². The van der Waals surface area contributed by atoms with Crippen LogP contribution in [0, 0.1) is 10.1 Å². The molecule has 0 unspecified atom stereocenters. The average Bonchev–Trinajstić information content (AvgIpc) is 2.44. The third-order valence-corrected chi connectivity index (χ3v) is 3.31. The van der Waals surface area contributed by atoms with Crippen molar-refractivity contribution in [3.05, 3.63) is 33.9 Å². The second kappa shape index (κ2) is 5.87. The fraction of sp³-hybridized carbons (Fsp3) is 0.462. The highest BCUT2D eigenvalue weighted by molar-refractivity contribution is 5.96. The van der Waals surface area contributed by atoms with E-state index in [1.54, 1.807) is 27.9 Å². The predicted octanol–water partition coefficient (Wildman–Crippen LogP) is 1.48. The second-order valence-corrected chi connectivity index (χ2v) is 5.07. The lowest BCUT2D eigenvalue weighted by Gasteiger charge is -2.34. The molecule has 110 valence electrons. The minimum atomic E-state index is -0.710. The molecule has 0 radical (unpaired) electrons. The summed E-state index contributed by atoms with van der Waals surface area (Å²) in [6.45, 7) is 3.28. The number of carbonyl (C=O) groups excluding carboxylic acids is 1. The Morgan fingerprint density at radius 1 is 1.50 bits per heavy atom. The maximum atomic E-state index is 12.3. The number of nitrogens with one attached hydrogen (secondary N) is 1. The van der Waals surface area contributed by atoms with E-state index >= 15 is 0 Å². The van der Waals surface area contributed by atoms with Crippen molar-refractivity contribution in [2.75, 3.05) is 26.0 Å². The number of anilines is 1. The number of likely N-dealkylation sites (N-methyl/N-ethyl adjacent to an activating group) is 1. The molecule has 0 spiro atoms. The van der Waals surface area contributed by atoms with Gasteiger partial charge in [0.05, 0.1) is 17.1 Å². The lowest BCUT2D eigenvalue weighted by molar-refractivity contribution is -0.383. The Hall–Kier alpha value is -2.15. The second-order valence-electron chi connectivity index (χ2n) is 5.07. The first kappa shape index (κ1) is 15.9. The van der Waals surface area contributed by atoms with Gasteiger partial charge in [-0.2, -0.15) is 0 Å². The van der Waals surface area contributed by atoms with Crippen molar-refractivity contribution in [2.45, 2.75) is 19.4 Å². The Bertz CT molecular complexity index is 528. The first-order valence-corrected chi connectivity index (χ1v) is 6.10. The number of carbonyl (C=O) groups is 1. The van der Waals surface area contributed by atoms with Crippen molar-refractivity contribution in [1.82, 2.24) is 4.90 Å². The van der Waals surface area contributed by atoms with E-state index in [4.69, 9.17) is 0 Å². The van der Waals surface area contributed by atoms with Gasteiger partial charge in [0.2, 0.25) is 0 Å².